The van der Waals surface area contributed by atoms with Crippen molar-refractivity contribution in [2.75, 3.05) is 4.90 Å². The average Bonchev–Trinajstić information content (AvgIpc) is 2.60. The summed E-state index contributed by atoms with van der Waals surface area (Å²) in [5, 5.41) is 0. The predicted octanol–water partition coefficient (Wildman–Crippen LogP) is 1.92. The van der Waals surface area contributed by atoms with Gasteiger partial charge in [0, 0.05) is 12.8 Å². The van der Waals surface area contributed by atoms with Crippen LogP contribution in [-0.4, -0.2) is 11.6 Å². The number of amides is 1. The van der Waals surface area contributed by atoms with E-state index in [2.05, 4.69) is 0 Å². The number of anilines is 1. The number of ether oxygens (including phenoxy) is 1. The number of hydrogen-bond donors (Lipinski definition) is 0. The highest BCUT2D eigenvalue weighted by Gasteiger charge is 2.49. The highest BCUT2D eigenvalue weighted by Crippen LogP contribution is 2.47. The summed E-state index contributed by atoms with van der Waals surface area (Å²) in [5.41, 5.74) is 0.485. The Kier molecular flexibility index (Phi) is 1.29. The first-order valence-corrected chi connectivity index (χ1v) is 4.82. The summed E-state index contributed by atoms with van der Waals surface area (Å²) in [4.78, 5) is 13.4. The molecule has 14 heavy (non-hydrogen) atoms. The van der Waals surface area contributed by atoms with Gasteiger partial charge in [0.1, 0.15) is 5.75 Å². The van der Waals surface area contributed by atoms with Crippen LogP contribution in [0.2, 0.25) is 0 Å². The van der Waals surface area contributed by atoms with E-state index in [1.807, 2.05) is 31.2 Å². The van der Waals surface area contributed by atoms with E-state index >= 15 is 0 Å². The maximum atomic E-state index is 11.7. The highest BCUT2D eigenvalue weighted by molar-refractivity contribution is 5.99. The van der Waals surface area contributed by atoms with Crippen LogP contribution in [0.3, 0.4) is 0 Å². The van der Waals surface area contributed by atoms with Crippen LogP contribution < -0.4 is 9.64 Å². The van der Waals surface area contributed by atoms with E-state index in [1.165, 1.54) is 0 Å². The smallest absolute Gasteiger partial charge is 0.230 e. The van der Waals surface area contributed by atoms with Crippen LogP contribution >= 0.6 is 0 Å². The minimum atomic E-state index is -0.430. The van der Waals surface area contributed by atoms with Gasteiger partial charge in [-0.2, -0.15) is 0 Å². The SMILES string of the molecule is C[C@@]12CCC(=O)N1c1ccccc1O2. The number of para-hydroxylation sites is 2. The molecule has 72 valence electrons. The van der Waals surface area contributed by atoms with Crippen LogP contribution in [0.15, 0.2) is 24.3 Å². The molecule has 0 radical (unpaired) electrons. The second kappa shape index (κ2) is 2.29. The molecule has 1 fully saturated rings. The van der Waals surface area contributed by atoms with Crippen molar-refractivity contribution in [3.05, 3.63) is 24.3 Å². The molecule has 0 spiro atoms. The molecule has 1 amide bonds. The zero-order valence-electron chi connectivity index (χ0n) is 7.99. The molecule has 0 saturated carbocycles. The highest BCUT2D eigenvalue weighted by atomic mass is 16.5. The number of nitrogens with zero attached hydrogens (tertiary/aromatic N) is 1. The summed E-state index contributed by atoms with van der Waals surface area (Å²) in [6.07, 6.45) is 1.37. The van der Waals surface area contributed by atoms with Crippen molar-refractivity contribution in [1.82, 2.24) is 0 Å². The molecule has 0 aliphatic carbocycles. The lowest BCUT2D eigenvalue weighted by atomic mass is 10.2. The maximum absolute atomic E-state index is 11.7. The molecule has 2 aliphatic rings. The Labute approximate surface area is 82.3 Å². The normalized spacial score (nSPS) is 28.6. The van der Waals surface area contributed by atoms with Gasteiger partial charge in [0.05, 0.1) is 5.69 Å². The molecule has 0 aromatic heterocycles. The van der Waals surface area contributed by atoms with E-state index in [0.717, 1.165) is 17.9 Å². The lowest BCUT2D eigenvalue weighted by Crippen LogP contribution is -2.43. The van der Waals surface area contributed by atoms with Gasteiger partial charge < -0.3 is 4.74 Å². The molecule has 1 atom stereocenters. The molecule has 0 unspecified atom stereocenters. The second-order valence-electron chi connectivity index (χ2n) is 3.97. The molecule has 3 heteroatoms. The largest absolute Gasteiger partial charge is 0.466 e. The van der Waals surface area contributed by atoms with Crippen molar-refractivity contribution >= 4 is 11.6 Å². The van der Waals surface area contributed by atoms with Gasteiger partial charge in [-0.3, -0.25) is 9.69 Å². The van der Waals surface area contributed by atoms with E-state index in [9.17, 15) is 4.79 Å². The number of carbonyl (C=O) groups is 1. The lowest BCUT2D eigenvalue weighted by Gasteiger charge is -2.25. The Morgan fingerprint density at radius 2 is 2.21 bits per heavy atom. The molecule has 1 aromatic rings. The first-order valence-electron chi connectivity index (χ1n) is 4.82. The third-order valence-corrected chi connectivity index (χ3v) is 2.96. The molecule has 2 heterocycles. The van der Waals surface area contributed by atoms with Gasteiger partial charge in [-0.05, 0) is 19.1 Å². The number of fused-ring (bicyclic) bond motifs is 3. The van der Waals surface area contributed by atoms with Gasteiger partial charge in [0.15, 0.2) is 5.72 Å². The molecule has 3 nitrogen and oxygen atoms in total. The molecule has 3 rings (SSSR count). The monoisotopic (exact) mass is 189 g/mol. The van der Waals surface area contributed by atoms with Crippen LogP contribution in [0.25, 0.3) is 0 Å². The molecule has 1 aromatic carbocycles. The molecule has 2 aliphatic heterocycles. The van der Waals surface area contributed by atoms with Crippen molar-refractivity contribution < 1.29 is 9.53 Å². The van der Waals surface area contributed by atoms with Crippen molar-refractivity contribution in [1.29, 1.82) is 0 Å². The summed E-state index contributed by atoms with van der Waals surface area (Å²) in [6, 6.07) is 7.70. The standard InChI is InChI=1S/C11H11NO2/c1-11-7-6-10(13)12(11)8-4-2-3-5-9(8)14-11/h2-5H,6-7H2,1H3/t11-/m1/s1. The fraction of sp³-hybridized carbons (Fsp3) is 0.364. The van der Waals surface area contributed by atoms with E-state index in [1.54, 1.807) is 4.90 Å². The molecule has 0 bridgehead atoms. The molecular weight excluding hydrogens is 178 g/mol. The Bertz CT molecular complexity index is 416. The summed E-state index contributed by atoms with van der Waals surface area (Å²) < 4.78 is 5.79. The maximum Gasteiger partial charge on any atom is 0.230 e. The molecule has 0 N–H and O–H groups in total. The first-order chi connectivity index (χ1) is 6.71. The second-order valence-corrected chi connectivity index (χ2v) is 3.97. The predicted molar refractivity (Wildman–Crippen MR) is 52.2 cm³/mol. The summed E-state index contributed by atoms with van der Waals surface area (Å²) in [6.45, 7) is 1.97. The van der Waals surface area contributed by atoms with Gasteiger partial charge in [-0.15, -0.1) is 0 Å². The summed E-state index contributed by atoms with van der Waals surface area (Å²) in [7, 11) is 0. The summed E-state index contributed by atoms with van der Waals surface area (Å²) in [5.74, 6) is 0.987. The van der Waals surface area contributed by atoms with Gasteiger partial charge in [0.25, 0.3) is 0 Å². The van der Waals surface area contributed by atoms with E-state index in [-0.39, 0.29) is 5.91 Å². The fourth-order valence-electron chi connectivity index (χ4n) is 2.28. The van der Waals surface area contributed by atoms with Crippen molar-refractivity contribution in [3.63, 3.8) is 0 Å². The Morgan fingerprint density at radius 1 is 1.43 bits per heavy atom. The van der Waals surface area contributed by atoms with Crippen molar-refractivity contribution in [2.24, 2.45) is 0 Å². The van der Waals surface area contributed by atoms with Gasteiger partial charge >= 0.3 is 0 Å². The lowest BCUT2D eigenvalue weighted by molar-refractivity contribution is -0.117. The van der Waals surface area contributed by atoms with Crippen molar-refractivity contribution in [3.8, 4) is 5.75 Å². The van der Waals surface area contributed by atoms with Crippen LogP contribution in [0.1, 0.15) is 19.8 Å². The topological polar surface area (TPSA) is 29.5 Å². The van der Waals surface area contributed by atoms with Gasteiger partial charge in [-0.1, -0.05) is 12.1 Å². The Morgan fingerprint density at radius 3 is 3.07 bits per heavy atom. The average molecular weight is 189 g/mol. The molecule has 1 saturated heterocycles. The quantitative estimate of drug-likeness (QED) is 0.624. The van der Waals surface area contributed by atoms with E-state index in [4.69, 9.17) is 4.74 Å². The third-order valence-electron chi connectivity index (χ3n) is 2.96. The Hall–Kier alpha value is -1.51. The minimum absolute atomic E-state index is 0.164. The van der Waals surface area contributed by atoms with Crippen molar-refractivity contribution in [2.45, 2.75) is 25.5 Å². The molecular formula is C11H11NO2. The number of benzene rings is 1. The van der Waals surface area contributed by atoms with E-state index < -0.39 is 5.72 Å². The number of carbonyl (C=O) groups excluding carboxylic acids is 1. The minimum Gasteiger partial charge on any atom is -0.466 e. The zero-order valence-corrected chi connectivity index (χ0v) is 7.99. The van der Waals surface area contributed by atoms with Gasteiger partial charge in [0.2, 0.25) is 5.91 Å². The van der Waals surface area contributed by atoms with Gasteiger partial charge in [-0.25, -0.2) is 0 Å². The number of hydrogen-bond acceptors (Lipinski definition) is 2. The zero-order chi connectivity index (χ0) is 9.76. The third kappa shape index (κ3) is 0.794. The van der Waals surface area contributed by atoms with Crippen LogP contribution in [0, 0.1) is 0 Å². The summed E-state index contributed by atoms with van der Waals surface area (Å²) >= 11 is 0. The van der Waals surface area contributed by atoms with E-state index in [0.29, 0.717) is 6.42 Å². The Balaban J connectivity index is 2.18. The first kappa shape index (κ1) is 7.85. The van der Waals surface area contributed by atoms with Crippen LogP contribution in [-0.2, 0) is 4.79 Å². The fourth-order valence-corrected chi connectivity index (χ4v) is 2.28. The van der Waals surface area contributed by atoms with Crippen LogP contribution in [0.4, 0.5) is 5.69 Å². The number of rotatable bonds is 0. The van der Waals surface area contributed by atoms with Crippen LogP contribution in [0.5, 0.6) is 5.75 Å².